The fourth-order valence-electron chi connectivity index (χ4n) is 3.25. The van der Waals surface area contributed by atoms with E-state index >= 15 is 0 Å². The third-order valence-electron chi connectivity index (χ3n) is 5.22. The molecule has 2 N–H and O–H groups in total. The van der Waals surface area contributed by atoms with Gasteiger partial charge in [0.05, 0.1) is 15.0 Å². The smallest absolute Gasteiger partial charge is 0.0913 e. The average molecular weight is 314 g/mol. The topological polar surface area (TPSA) is 43.1 Å². The molecule has 1 fully saturated rings. The fraction of sp³-hybridized carbons (Fsp3) is 0.750. The lowest BCUT2D eigenvalue weighted by molar-refractivity contribution is 0.133. The minimum atomic E-state index is -0.888. The summed E-state index contributed by atoms with van der Waals surface area (Å²) in [7, 11) is -0.888. The molecule has 0 bridgehead atoms. The van der Waals surface area contributed by atoms with Crippen LogP contribution in [0.1, 0.15) is 46.5 Å². The Morgan fingerprint density at radius 3 is 2.75 bits per heavy atom. The van der Waals surface area contributed by atoms with Gasteiger partial charge in [0.1, 0.15) is 0 Å². The molecule has 2 nitrogen and oxygen atoms in total. The molecule has 0 amide bonds. The van der Waals surface area contributed by atoms with Crippen molar-refractivity contribution in [2.75, 3.05) is 6.54 Å². The fourth-order valence-corrected chi connectivity index (χ4v) is 6.13. The third-order valence-corrected chi connectivity index (χ3v) is 8.32. The lowest BCUT2D eigenvalue weighted by Gasteiger charge is -2.42. The Hall–Kier alpha value is -0.190. The van der Waals surface area contributed by atoms with Crippen LogP contribution in [0.15, 0.2) is 21.7 Å². The molecule has 1 aliphatic rings. The van der Waals surface area contributed by atoms with E-state index in [1.54, 1.807) is 11.3 Å². The monoisotopic (exact) mass is 313 g/mol. The van der Waals surface area contributed by atoms with Gasteiger partial charge in [-0.2, -0.15) is 0 Å². The molecule has 20 heavy (non-hydrogen) atoms. The van der Waals surface area contributed by atoms with E-state index in [1.165, 1.54) is 12.8 Å². The Labute approximate surface area is 129 Å². The molecule has 0 spiro atoms. The summed E-state index contributed by atoms with van der Waals surface area (Å²) in [4.78, 5) is 0. The normalized spacial score (nSPS) is 29.3. The molecule has 1 aromatic heterocycles. The molecule has 4 unspecified atom stereocenters. The van der Waals surface area contributed by atoms with Crippen molar-refractivity contribution < 1.29 is 4.21 Å². The molecule has 114 valence electrons. The molecule has 4 atom stereocenters. The van der Waals surface area contributed by atoms with Crippen molar-refractivity contribution in [3.8, 4) is 0 Å². The number of rotatable bonds is 5. The quantitative estimate of drug-likeness (QED) is 0.891. The lowest BCUT2D eigenvalue weighted by atomic mass is 9.67. The molecular formula is C16H27NOS2. The predicted octanol–water partition coefficient (Wildman–Crippen LogP) is 4.04. The zero-order chi connectivity index (χ0) is 14.8. The first-order chi connectivity index (χ1) is 9.49. The lowest BCUT2D eigenvalue weighted by Crippen LogP contribution is -2.41. The first kappa shape index (κ1) is 16.2. The highest BCUT2D eigenvalue weighted by Gasteiger charge is 2.39. The number of hydrogen-bond acceptors (Lipinski definition) is 3. The van der Waals surface area contributed by atoms with Gasteiger partial charge in [0.15, 0.2) is 0 Å². The second kappa shape index (κ2) is 6.71. The zero-order valence-electron chi connectivity index (χ0n) is 12.8. The Morgan fingerprint density at radius 1 is 1.45 bits per heavy atom. The maximum atomic E-state index is 12.9. The summed E-state index contributed by atoms with van der Waals surface area (Å²) in [5, 5.41) is 2.25. The molecule has 0 aliphatic heterocycles. The van der Waals surface area contributed by atoms with Gasteiger partial charge in [-0.25, -0.2) is 0 Å². The van der Waals surface area contributed by atoms with Crippen molar-refractivity contribution in [2.45, 2.75) is 55.9 Å². The van der Waals surface area contributed by atoms with Gasteiger partial charge < -0.3 is 5.73 Å². The minimum Gasteiger partial charge on any atom is -0.330 e. The first-order valence-electron chi connectivity index (χ1n) is 7.63. The summed E-state index contributed by atoms with van der Waals surface area (Å²) < 4.78 is 13.9. The van der Waals surface area contributed by atoms with Crippen LogP contribution in [0, 0.1) is 17.3 Å². The van der Waals surface area contributed by atoms with Gasteiger partial charge in [0.25, 0.3) is 0 Å². The molecule has 1 saturated carbocycles. The minimum absolute atomic E-state index is 0.239. The summed E-state index contributed by atoms with van der Waals surface area (Å²) in [5.74, 6) is 1.09. The van der Waals surface area contributed by atoms with Crippen LogP contribution in [0.4, 0.5) is 0 Å². The standard InChI is InChI=1S/C16H27NOS2/c1-4-16(2,3)13-8-7-12(11-17)14(10-13)20(18)15-6-5-9-19-15/h5-6,9,12-14H,4,7-8,10-11,17H2,1-3H3. The van der Waals surface area contributed by atoms with Gasteiger partial charge in [-0.3, -0.25) is 4.21 Å². The van der Waals surface area contributed by atoms with Gasteiger partial charge in [-0.05, 0) is 54.5 Å². The van der Waals surface area contributed by atoms with E-state index in [2.05, 4.69) is 20.8 Å². The van der Waals surface area contributed by atoms with E-state index in [4.69, 9.17) is 5.73 Å². The van der Waals surface area contributed by atoms with Gasteiger partial charge in [-0.1, -0.05) is 33.3 Å². The summed E-state index contributed by atoms with van der Waals surface area (Å²) in [6.45, 7) is 7.64. The van der Waals surface area contributed by atoms with Crippen molar-refractivity contribution in [2.24, 2.45) is 23.0 Å². The Bertz CT molecular complexity index is 441. The molecule has 0 aromatic carbocycles. The second-order valence-corrected chi connectivity index (χ2v) is 9.46. The van der Waals surface area contributed by atoms with Crippen LogP contribution in [-0.4, -0.2) is 16.0 Å². The van der Waals surface area contributed by atoms with Crippen molar-refractivity contribution >= 4 is 22.1 Å². The second-order valence-electron chi connectivity index (χ2n) is 6.62. The Morgan fingerprint density at radius 2 is 2.20 bits per heavy atom. The molecule has 0 saturated heterocycles. The summed E-state index contributed by atoms with van der Waals surface area (Å²) in [6, 6.07) is 3.99. The van der Waals surface area contributed by atoms with Crippen LogP contribution < -0.4 is 5.73 Å². The third kappa shape index (κ3) is 3.34. The largest absolute Gasteiger partial charge is 0.330 e. The Kier molecular flexibility index (Phi) is 5.43. The van der Waals surface area contributed by atoms with Crippen LogP contribution in [0.25, 0.3) is 0 Å². The van der Waals surface area contributed by atoms with Gasteiger partial charge >= 0.3 is 0 Å². The molecule has 1 aromatic rings. The Balaban J connectivity index is 2.17. The van der Waals surface area contributed by atoms with E-state index in [9.17, 15) is 4.21 Å². The van der Waals surface area contributed by atoms with Crippen LogP contribution in [0.5, 0.6) is 0 Å². The maximum Gasteiger partial charge on any atom is 0.0913 e. The van der Waals surface area contributed by atoms with Crippen LogP contribution >= 0.6 is 11.3 Å². The predicted molar refractivity (Wildman–Crippen MR) is 88.5 cm³/mol. The average Bonchev–Trinajstić information content (AvgIpc) is 3.00. The summed E-state index contributed by atoms with van der Waals surface area (Å²) >= 11 is 1.61. The van der Waals surface area contributed by atoms with Crippen molar-refractivity contribution in [3.63, 3.8) is 0 Å². The molecule has 1 aliphatic carbocycles. The highest BCUT2D eigenvalue weighted by Crippen LogP contribution is 2.44. The van der Waals surface area contributed by atoms with E-state index in [0.29, 0.717) is 23.8 Å². The van der Waals surface area contributed by atoms with Crippen molar-refractivity contribution in [1.29, 1.82) is 0 Å². The van der Waals surface area contributed by atoms with E-state index < -0.39 is 10.8 Å². The molecule has 1 heterocycles. The first-order valence-corrected chi connectivity index (χ1v) is 9.73. The number of nitrogens with two attached hydrogens (primary N) is 1. The number of hydrogen-bond donors (Lipinski definition) is 1. The van der Waals surface area contributed by atoms with Crippen molar-refractivity contribution in [3.05, 3.63) is 17.5 Å². The molecular weight excluding hydrogens is 286 g/mol. The van der Waals surface area contributed by atoms with E-state index in [-0.39, 0.29) is 5.25 Å². The van der Waals surface area contributed by atoms with E-state index in [0.717, 1.165) is 17.1 Å². The van der Waals surface area contributed by atoms with Gasteiger partial charge in [0.2, 0.25) is 0 Å². The zero-order valence-corrected chi connectivity index (χ0v) is 14.4. The highest BCUT2D eigenvalue weighted by atomic mass is 32.2. The van der Waals surface area contributed by atoms with Crippen molar-refractivity contribution in [1.82, 2.24) is 0 Å². The van der Waals surface area contributed by atoms with Crippen LogP contribution in [0.2, 0.25) is 0 Å². The van der Waals surface area contributed by atoms with Gasteiger partial charge in [-0.15, -0.1) is 11.3 Å². The highest BCUT2D eigenvalue weighted by molar-refractivity contribution is 7.87. The molecule has 4 heteroatoms. The SMILES string of the molecule is CCC(C)(C)C1CCC(CN)C(S(=O)c2cccs2)C1. The summed E-state index contributed by atoms with van der Waals surface area (Å²) in [5.41, 5.74) is 6.29. The molecule has 0 radical (unpaired) electrons. The molecule has 2 rings (SSSR count). The maximum absolute atomic E-state index is 12.9. The number of thiophene rings is 1. The van der Waals surface area contributed by atoms with Gasteiger partial charge in [0, 0.05) is 5.25 Å². The van der Waals surface area contributed by atoms with E-state index in [1.807, 2.05) is 17.5 Å². The van der Waals surface area contributed by atoms with Crippen LogP contribution in [-0.2, 0) is 10.8 Å². The summed E-state index contributed by atoms with van der Waals surface area (Å²) in [6.07, 6.45) is 4.61. The van der Waals surface area contributed by atoms with Crippen LogP contribution in [0.3, 0.4) is 0 Å².